The normalized spacial score (nSPS) is 17.2. The van der Waals surface area contributed by atoms with E-state index in [0.717, 1.165) is 62.3 Å². The molecule has 1 atom stereocenters. The maximum atomic E-state index is 12.6. The highest BCUT2D eigenvalue weighted by Gasteiger charge is 2.27. The van der Waals surface area contributed by atoms with Crippen LogP contribution in [-0.4, -0.2) is 35.5 Å². The van der Waals surface area contributed by atoms with Gasteiger partial charge in [-0.15, -0.1) is 0 Å². The average Bonchev–Trinajstić information content (AvgIpc) is 3.16. The number of piperidine rings is 1. The van der Waals surface area contributed by atoms with Gasteiger partial charge in [0.05, 0.1) is 17.0 Å². The Morgan fingerprint density at radius 3 is 2.81 bits per heavy atom. The molecule has 1 fully saturated rings. The second-order valence-corrected chi connectivity index (χ2v) is 7.24. The summed E-state index contributed by atoms with van der Waals surface area (Å²) in [7, 11) is 0. The van der Waals surface area contributed by atoms with Crippen molar-refractivity contribution < 1.29 is 4.79 Å². The van der Waals surface area contributed by atoms with Gasteiger partial charge in [0.25, 0.3) is 0 Å². The van der Waals surface area contributed by atoms with E-state index in [4.69, 9.17) is 0 Å². The standard InChI is InChI=1S/C22H26N4O/c27-21(23-14-6-10-17-8-2-1-3-9-17)18-11-7-15-26(16-18)22-24-19-12-4-5-13-20(19)25-22/h1-5,8-9,12-13,18H,6-7,10-11,14-16H2,(H,23,27)(H,24,25)/t18-/m1/s1. The number of hydrogen-bond acceptors (Lipinski definition) is 3. The van der Waals surface area contributed by atoms with Crippen LogP contribution in [0.15, 0.2) is 54.6 Å². The van der Waals surface area contributed by atoms with Gasteiger partial charge in [0.1, 0.15) is 0 Å². The Hall–Kier alpha value is -2.82. The predicted octanol–water partition coefficient (Wildman–Crippen LogP) is 3.53. The van der Waals surface area contributed by atoms with Crippen molar-refractivity contribution in [2.24, 2.45) is 5.92 Å². The number of amides is 1. The van der Waals surface area contributed by atoms with Crippen molar-refractivity contribution in [3.63, 3.8) is 0 Å². The Bertz CT molecular complexity index is 856. The first-order valence-electron chi connectivity index (χ1n) is 9.81. The van der Waals surface area contributed by atoms with Gasteiger partial charge in [0.15, 0.2) is 0 Å². The molecule has 140 valence electrons. The van der Waals surface area contributed by atoms with E-state index in [0.29, 0.717) is 0 Å². The van der Waals surface area contributed by atoms with E-state index in [1.165, 1.54) is 5.56 Å². The molecular weight excluding hydrogens is 336 g/mol. The van der Waals surface area contributed by atoms with Crippen molar-refractivity contribution in [2.45, 2.75) is 25.7 Å². The van der Waals surface area contributed by atoms with Crippen molar-refractivity contribution in [3.8, 4) is 0 Å². The molecule has 27 heavy (non-hydrogen) atoms. The Labute approximate surface area is 159 Å². The zero-order valence-corrected chi connectivity index (χ0v) is 15.5. The van der Waals surface area contributed by atoms with Crippen molar-refractivity contribution in [3.05, 3.63) is 60.2 Å². The van der Waals surface area contributed by atoms with Crippen LogP contribution in [0.2, 0.25) is 0 Å². The molecule has 2 aromatic carbocycles. The molecule has 2 heterocycles. The quantitative estimate of drug-likeness (QED) is 0.660. The lowest BCUT2D eigenvalue weighted by Crippen LogP contribution is -2.43. The number of para-hydroxylation sites is 2. The van der Waals surface area contributed by atoms with E-state index in [1.807, 2.05) is 30.3 Å². The summed E-state index contributed by atoms with van der Waals surface area (Å²) in [6.45, 7) is 2.40. The van der Waals surface area contributed by atoms with Gasteiger partial charge in [0, 0.05) is 19.6 Å². The summed E-state index contributed by atoms with van der Waals surface area (Å²) < 4.78 is 0. The predicted molar refractivity (Wildman–Crippen MR) is 109 cm³/mol. The lowest BCUT2D eigenvalue weighted by Gasteiger charge is -2.31. The van der Waals surface area contributed by atoms with Crippen LogP contribution in [0.4, 0.5) is 5.95 Å². The Kier molecular flexibility index (Phi) is 5.37. The number of aromatic nitrogens is 2. The first-order valence-corrected chi connectivity index (χ1v) is 9.81. The van der Waals surface area contributed by atoms with Crippen molar-refractivity contribution in [1.82, 2.24) is 15.3 Å². The number of aromatic amines is 1. The number of nitrogens with one attached hydrogen (secondary N) is 2. The number of anilines is 1. The highest BCUT2D eigenvalue weighted by molar-refractivity contribution is 5.80. The van der Waals surface area contributed by atoms with E-state index < -0.39 is 0 Å². The van der Waals surface area contributed by atoms with Crippen LogP contribution < -0.4 is 10.2 Å². The molecular formula is C22H26N4O. The molecule has 5 heteroatoms. The number of imidazole rings is 1. The summed E-state index contributed by atoms with van der Waals surface area (Å²) in [5.74, 6) is 1.07. The number of benzene rings is 2. The number of H-pyrrole nitrogens is 1. The van der Waals surface area contributed by atoms with Crippen LogP contribution in [0, 0.1) is 5.92 Å². The van der Waals surface area contributed by atoms with Crippen LogP contribution >= 0.6 is 0 Å². The van der Waals surface area contributed by atoms with Gasteiger partial charge in [-0.05, 0) is 43.4 Å². The van der Waals surface area contributed by atoms with Gasteiger partial charge >= 0.3 is 0 Å². The van der Waals surface area contributed by atoms with Gasteiger partial charge < -0.3 is 15.2 Å². The summed E-state index contributed by atoms with van der Waals surface area (Å²) in [5.41, 5.74) is 3.33. The van der Waals surface area contributed by atoms with E-state index >= 15 is 0 Å². The van der Waals surface area contributed by atoms with Crippen molar-refractivity contribution >= 4 is 22.9 Å². The van der Waals surface area contributed by atoms with Crippen LogP contribution in [-0.2, 0) is 11.2 Å². The topological polar surface area (TPSA) is 61.0 Å². The van der Waals surface area contributed by atoms with Gasteiger partial charge in [-0.2, -0.15) is 0 Å². The SMILES string of the molecule is O=C(NCCCc1ccccc1)[C@@H]1CCCN(c2nc3ccccc3[nH]2)C1. The molecule has 0 bridgehead atoms. The molecule has 1 saturated heterocycles. The monoisotopic (exact) mass is 362 g/mol. The molecule has 3 aromatic rings. The number of carbonyl (C=O) groups is 1. The Morgan fingerprint density at radius 1 is 1.15 bits per heavy atom. The van der Waals surface area contributed by atoms with E-state index in [-0.39, 0.29) is 11.8 Å². The maximum Gasteiger partial charge on any atom is 0.224 e. The second kappa shape index (κ2) is 8.25. The number of carbonyl (C=O) groups excluding carboxylic acids is 1. The molecule has 1 aliphatic rings. The molecule has 4 rings (SSSR count). The summed E-state index contributed by atoms with van der Waals surface area (Å²) in [5, 5.41) is 3.13. The number of rotatable bonds is 6. The minimum absolute atomic E-state index is 0.0312. The number of hydrogen-bond donors (Lipinski definition) is 2. The van der Waals surface area contributed by atoms with Crippen LogP contribution in [0.1, 0.15) is 24.8 Å². The fourth-order valence-electron chi connectivity index (χ4n) is 3.77. The third-order valence-corrected chi connectivity index (χ3v) is 5.25. The molecule has 0 spiro atoms. The van der Waals surface area contributed by atoms with Crippen molar-refractivity contribution in [1.29, 1.82) is 0 Å². The zero-order valence-electron chi connectivity index (χ0n) is 15.5. The smallest absolute Gasteiger partial charge is 0.224 e. The highest BCUT2D eigenvalue weighted by atomic mass is 16.1. The highest BCUT2D eigenvalue weighted by Crippen LogP contribution is 2.23. The van der Waals surface area contributed by atoms with E-state index in [1.54, 1.807) is 0 Å². The van der Waals surface area contributed by atoms with Gasteiger partial charge in [-0.1, -0.05) is 42.5 Å². The van der Waals surface area contributed by atoms with Crippen LogP contribution in [0.25, 0.3) is 11.0 Å². The third-order valence-electron chi connectivity index (χ3n) is 5.25. The number of fused-ring (bicyclic) bond motifs is 1. The third kappa shape index (κ3) is 4.30. The van der Waals surface area contributed by atoms with Crippen molar-refractivity contribution in [2.75, 3.05) is 24.5 Å². The van der Waals surface area contributed by atoms with Gasteiger partial charge in [-0.25, -0.2) is 4.98 Å². The van der Waals surface area contributed by atoms with Gasteiger partial charge in [-0.3, -0.25) is 4.79 Å². The fourth-order valence-corrected chi connectivity index (χ4v) is 3.77. The molecule has 1 aromatic heterocycles. The molecule has 0 saturated carbocycles. The summed E-state index contributed by atoms with van der Waals surface area (Å²) >= 11 is 0. The Balaban J connectivity index is 1.29. The second-order valence-electron chi connectivity index (χ2n) is 7.24. The molecule has 2 N–H and O–H groups in total. The molecule has 1 amide bonds. The van der Waals surface area contributed by atoms with Crippen LogP contribution in [0.3, 0.4) is 0 Å². The molecule has 5 nitrogen and oxygen atoms in total. The number of nitrogens with zero attached hydrogens (tertiary/aromatic N) is 2. The lowest BCUT2D eigenvalue weighted by atomic mass is 9.97. The molecule has 0 radical (unpaired) electrons. The largest absolute Gasteiger partial charge is 0.356 e. The minimum atomic E-state index is 0.0312. The average molecular weight is 362 g/mol. The minimum Gasteiger partial charge on any atom is -0.356 e. The van der Waals surface area contributed by atoms with Gasteiger partial charge in [0.2, 0.25) is 11.9 Å². The molecule has 1 aliphatic heterocycles. The maximum absolute atomic E-state index is 12.6. The zero-order chi connectivity index (χ0) is 18.5. The Morgan fingerprint density at radius 2 is 1.96 bits per heavy atom. The van der Waals surface area contributed by atoms with Crippen LogP contribution in [0.5, 0.6) is 0 Å². The molecule has 0 aliphatic carbocycles. The first kappa shape index (κ1) is 17.6. The lowest BCUT2D eigenvalue weighted by molar-refractivity contribution is -0.125. The van der Waals surface area contributed by atoms with E-state index in [2.05, 4.69) is 44.5 Å². The summed E-state index contributed by atoms with van der Waals surface area (Å²) in [6.07, 6.45) is 3.92. The summed E-state index contributed by atoms with van der Waals surface area (Å²) in [4.78, 5) is 22.9. The van der Waals surface area contributed by atoms with E-state index in [9.17, 15) is 4.79 Å². The molecule has 0 unspecified atom stereocenters. The summed E-state index contributed by atoms with van der Waals surface area (Å²) in [6, 6.07) is 18.5. The number of aryl methyl sites for hydroxylation is 1. The first-order chi connectivity index (χ1) is 13.3. The fraction of sp³-hybridized carbons (Fsp3) is 0.364.